The lowest BCUT2D eigenvalue weighted by atomic mass is 10.1. The first-order valence-electron chi connectivity index (χ1n) is 3.88. The van der Waals surface area contributed by atoms with Crippen LogP contribution in [0.25, 0.3) is 0 Å². The van der Waals surface area contributed by atoms with E-state index in [-0.39, 0.29) is 12.4 Å². The van der Waals surface area contributed by atoms with E-state index in [9.17, 15) is 4.79 Å². The summed E-state index contributed by atoms with van der Waals surface area (Å²) >= 11 is 1.49. The minimum absolute atomic E-state index is 0.0874. The zero-order valence-corrected chi connectivity index (χ0v) is 8.11. The van der Waals surface area contributed by atoms with Gasteiger partial charge in [-0.1, -0.05) is 6.92 Å². The van der Waals surface area contributed by atoms with E-state index in [1.54, 1.807) is 0 Å². The van der Waals surface area contributed by atoms with E-state index in [4.69, 9.17) is 4.74 Å². The van der Waals surface area contributed by atoms with Gasteiger partial charge in [0.1, 0.15) is 6.61 Å². The second-order valence-electron chi connectivity index (χ2n) is 2.48. The molecule has 3 heteroatoms. The van der Waals surface area contributed by atoms with Gasteiger partial charge in [-0.3, -0.25) is 4.79 Å². The molecule has 0 saturated carbocycles. The number of hydrogen-bond donors (Lipinski definition) is 0. The van der Waals surface area contributed by atoms with Crippen molar-refractivity contribution in [2.45, 2.75) is 13.3 Å². The zero-order valence-electron chi connectivity index (χ0n) is 7.29. The molecule has 0 fully saturated rings. The van der Waals surface area contributed by atoms with E-state index in [1.807, 2.05) is 18.4 Å². The van der Waals surface area contributed by atoms with E-state index < -0.39 is 0 Å². The van der Waals surface area contributed by atoms with Gasteiger partial charge in [0.05, 0.1) is 4.88 Å². The van der Waals surface area contributed by atoms with Crippen LogP contribution in [0.15, 0.2) is 11.4 Å². The number of ether oxygens (including phenoxy) is 1. The topological polar surface area (TPSA) is 26.3 Å². The van der Waals surface area contributed by atoms with Gasteiger partial charge in [0.25, 0.3) is 0 Å². The van der Waals surface area contributed by atoms with Gasteiger partial charge in [0.2, 0.25) is 0 Å². The van der Waals surface area contributed by atoms with E-state index in [0.717, 1.165) is 16.9 Å². The van der Waals surface area contributed by atoms with Crippen LogP contribution in [-0.2, 0) is 11.2 Å². The highest BCUT2D eigenvalue weighted by Crippen LogP contribution is 2.17. The molecule has 0 N–H and O–H groups in total. The van der Waals surface area contributed by atoms with Gasteiger partial charge in [0, 0.05) is 7.11 Å². The summed E-state index contributed by atoms with van der Waals surface area (Å²) in [6.45, 7) is 2.24. The molecule has 0 aliphatic carbocycles. The van der Waals surface area contributed by atoms with Crippen LogP contribution in [0, 0.1) is 0 Å². The van der Waals surface area contributed by atoms with Crippen molar-refractivity contribution >= 4 is 17.1 Å². The molecule has 1 aromatic heterocycles. The molecular formula is C9H12O2S. The molecule has 0 bridgehead atoms. The first-order chi connectivity index (χ1) is 5.79. The van der Waals surface area contributed by atoms with Crippen molar-refractivity contribution in [1.29, 1.82) is 0 Å². The molecule has 12 heavy (non-hydrogen) atoms. The largest absolute Gasteiger partial charge is 0.376 e. The Hall–Kier alpha value is -0.670. The fourth-order valence-corrected chi connectivity index (χ4v) is 1.98. The van der Waals surface area contributed by atoms with Gasteiger partial charge < -0.3 is 4.74 Å². The number of carbonyl (C=O) groups excluding carboxylic acids is 1. The summed E-state index contributed by atoms with van der Waals surface area (Å²) in [6.07, 6.45) is 0.911. The SMILES string of the molecule is CCc1ccsc1C(=O)COC. The first kappa shape index (κ1) is 9.42. The predicted molar refractivity (Wildman–Crippen MR) is 49.9 cm³/mol. The van der Waals surface area contributed by atoms with Crippen LogP contribution in [-0.4, -0.2) is 19.5 Å². The van der Waals surface area contributed by atoms with Crippen LogP contribution in [0.1, 0.15) is 22.2 Å². The van der Waals surface area contributed by atoms with Crippen LogP contribution >= 0.6 is 11.3 Å². The highest BCUT2D eigenvalue weighted by molar-refractivity contribution is 7.12. The molecule has 0 aliphatic rings. The monoisotopic (exact) mass is 184 g/mol. The van der Waals surface area contributed by atoms with Crippen molar-refractivity contribution in [1.82, 2.24) is 0 Å². The van der Waals surface area contributed by atoms with Gasteiger partial charge in [0.15, 0.2) is 5.78 Å². The highest BCUT2D eigenvalue weighted by Gasteiger charge is 2.10. The van der Waals surface area contributed by atoms with Gasteiger partial charge in [-0.15, -0.1) is 11.3 Å². The summed E-state index contributed by atoms with van der Waals surface area (Å²) in [5.41, 5.74) is 1.13. The Kier molecular flexibility index (Phi) is 3.44. The van der Waals surface area contributed by atoms with E-state index in [2.05, 4.69) is 0 Å². The maximum atomic E-state index is 11.4. The second kappa shape index (κ2) is 4.38. The van der Waals surface area contributed by atoms with Crippen molar-refractivity contribution in [2.75, 3.05) is 13.7 Å². The number of hydrogen-bond acceptors (Lipinski definition) is 3. The number of Topliss-reactive ketones (excluding diaryl/α,β-unsaturated/α-hetero) is 1. The Labute approximate surface area is 76.2 Å². The molecule has 1 heterocycles. The number of aryl methyl sites for hydroxylation is 1. The van der Waals surface area contributed by atoms with Crippen molar-refractivity contribution < 1.29 is 9.53 Å². The third kappa shape index (κ3) is 1.93. The second-order valence-corrected chi connectivity index (χ2v) is 3.40. The van der Waals surface area contributed by atoms with Crippen molar-refractivity contribution in [3.8, 4) is 0 Å². The smallest absolute Gasteiger partial charge is 0.198 e. The Morgan fingerprint density at radius 1 is 1.67 bits per heavy atom. The van der Waals surface area contributed by atoms with Gasteiger partial charge >= 0.3 is 0 Å². The molecule has 0 radical (unpaired) electrons. The fraction of sp³-hybridized carbons (Fsp3) is 0.444. The third-order valence-corrected chi connectivity index (χ3v) is 2.65. The lowest BCUT2D eigenvalue weighted by Gasteiger charge is -1.98. The maximum Gasteiger partial charge on any atom is 0.198 e. The van der Waals surface area contributed by atoms with Gasteiger partial charge in [-0.25, -0.2) is 0 Å². The lowest BCUT2D eigenvalue weighted by molar-refractivity contribution is 0.0851. The standard InChI is InChI=1S/C9H12O2S/c1-3-7-4-5-12-9(7)8(10)6-11-2/h4-5H,3,6H2,1-2H3. The molecule has 1 rings (SSSR count). The van der Waals surface area contributed by atoms with E-state index >= 15 is 0 Å². The molecule has 0 atom stereocenters. The maximum absolute atomic E-state index is 11.4. The Morgan fingerprint density at radius 2 is 2.42 bits per heavy atom. The van der Waals surface area contributed by atoms with Crippen molar-refractivity contribution in [3.63, 3.8) is 0 Å². The fourth-order valence-electron chi connectivity index (χ4n) is 1.06. The van der Waals surface area contributed by atoms with Gasteiger partial charge in [-0.2, -0.15) is 0 Å². The normalized spacial score (nSPS) is 10.2. The zero-order chi connectivity index (χ0) is 8.97. The molecule has 0 aromatic carbocycles. The molecular weight excluding hydrogens is 172 g/mol. The quantitative estimate of drug-likeness (QED) is 0.670. The summed E-state index contributed by atoms with van der Waals surface area (Å²) in [4.78, 5) is 12.2. The summed E-state index contributed by atoms with van der Waals surface area (Å²) in [5, 5.41) is 1.95. The summed E-state index contributed by atoms with van der Waals surface area (Å²) in [7, 11) is 1.54. The summed E-state index contributed by atoms with van der Waals surface area (Å²) < 4.78 is 4.78. The lowest BCUT2D eigenvalue weighted by Crippen LogP contribution is -2.06. The molecule has 0 aliphatic heterocycles. The number of ketones is 1. The number of carbonyl (C=O) groups is 1. The number of rotatable bonds is 4. The Balaban J connectivity index is 2.79. The highest BCUT2D eigenvalue weighted by atomic mass is 32.1. The first-order valence-corrected chi connectivity index (χ1v) is 4.76. The Morgan fingerprint density at radius 3 is 3.00 bits per heavy atom. The van der Waals surface area contributed by atoms with Crippen molar-refractivity contribution in [3.05, 3.63) is 21.9 Å². The van der Waals surface area contributed by atoms with E-state index in [1.165, 1.54) is 18.4 Å². The van der Waals surface area contributed by atoms with Crippen LogP contribution in [0.4, 0.5) is 0 Å². The minimum atomic E-state index is 0.0874. The van der Waals surface area contributed by atoms with Crippen LogP contribution in [0.2, 0.25) is 0 Å². The molecule has 0 unspecified atom stereocenters. The molecule has 0 amide bonds. The predicted octanol–water partition coefficient (Wildman–Crippen LogP) is 2.14. The molecule has 0 saturated heterocycles. The molecule has 1 aromatic rings. The molecule has 66 valence electrons. The van der Waals surface area contributed by atoms with Crippen LogP contribution in [0.5, 0.6) is 0 Å². The number of thiophene rings is 1. The average Bonchev–Trinajstić information content (AvgIpc) is 2.51. The molecule has 0 spiro atoms. The van der Waals surface area contributed by atoms with Crippen molar-refractivity contribution in [2.24, 2.45) is 0 Å². The summed E-state index contributed by atoms with van der Waals surface area (Å²) in [5.74, 6) is 0.0874. The Bertz CT molecular complexity index is 265. The van der Waals surface area contributed by atoms with Gasteiger partial charge in [-0.05, 0) is 23.4 Å². The third-order valence-electron chi connectivity index (χ3n) is 1.66. The molecule has 2 nitrogen and oxygen atoms in total. The summed E-state index contributed by atoms with van der Waals surface area (Å²) in [6, 6.07) is 1.99. The van der Waals surface area contributed by atoms with E-state index in [0.29, 0.717) is 0 Å². The minimum Gasteiger partial charge on any atom is -0.376 e. The average molecular weight is 184 g/mol. The van der Waals surface area contributed by atoms with Crippen LogP contribution < -0.4 is 0 Å². The van der Waals surface area contributed by atoms with Crippen LogP contribution in [0.3, 0.4) is 0 Å². The number of methoxy groups -OCH3 is 1.